The number of aromatic amines is 1. The van der Waals surface area contributed by atoms with Gasteiger partial charge in [-0.05, 0) is 42.5 Å². The maximum atomic E-state index is 13.4. The van der Waals surface area contributed by atoms with Crippen molar-refractivity contribution in [1.29, 1.82) is 5.41 Å². The molecule has 0 aliphatic rings. The van der Waals surface area contributed by atoms with E-state index in [2.05, 4.69) is 26.5 Å². The first-order valence-corrected chi connectivity index (χ1v) is 10.3. The number of nitrogens with two attached hydrogens (primary N) is 2. The van der Waals surface area contributed by atoms with Crippen molar-refractivity contribution in [2.45, 2.75) is 0 Å². The Bertz CT molecular complexity index is 1400. The summed E-state index contributed by atoms with van der Waals surface area (Å²) in [5.41, 5.74) is 8.72. The van der Waals surface area contributed by atoms with Gasteiger partial charge in [-0.3, -0.25) is 15.5 Å². The number of aromatic nitrogens is 4. The lowest BCUT2D eigenvalue weighted by molar-refractivity contribution is -0.572. The quantitative estimate of drug-likeness (QED) is 0.198. The fourth-order valence-electron chi connectivity index (χ4n) is 3.54. The number of fused-ring (bicyclic) bond motifs is 1. The number of nitrogens with zero attached hydrogens (tertiary/aromatic N) is 4. The molecule has 0 saturated heterocycles. The number of nitrogens with one attached hydrogen (secondary N) is 2. The number of halogens is 1. The molecule has 0 aliphatic heterocycles. The second-order valence-electron chi connectivity index (χ2n) is 7.35. The molecule has 2 aromatic carbocycles. The standard InChI is InChI=1S/C23H21FN8O2/c1-2-19(34)32(14-4-6-16-17(10-14)29-11-28-16)8-7-27-23-20(22(26)30-12-31-23)21(25)13-3-5-15(24)18(33)9-13/h2-6,9-12,25,33H,1,7-8H2,(H,28,29)(H3,26,27,30,31)/p+1. The molecule has 4 rings (SSSR count). The highest BCUT2D eigenvalue weighted by molar-refractivity contribution is 6.15. The van der Waals surface area contributed by atoms with Crippen molar-refractivity contribution in [2.24, 2.45) is 0 Å². The van der Waals surface area contributed by atoms with Crippen LogP contribution < -0.4 is 16.0 Å². The number of imidazole rings is 1. The number of rotatable bonds is 8. The molecule has 0 saturated carbocycles. The van der Waals surface area contributed by atoms with Gasteiger partial charge in [-0.1, -0.05) is 6.58 Å². The summed E-state index contributed by atoms with van der Waals surface area (Å²) in [5, 5.41) is 20.0. The van der Waals surface area contributed by atoms with E-state index in [1.807, 2.05) is 12.1 Å². The summed E-state index contributed by atoms with van der Waals surface area (Å²) in [6.07, 6.45) is 4.10. The Morgan fingerprint density at radius 2 is 2.09 bits per heavy atom. The molecular weight excluding hydrogens is 439 g/mol. The van der Waals surface area contributed by atoms with Crippen LogP contribution in [0, 0.1) is 11.2 Å². The number of quaternary nitrogens is 1. The van der Waals surface area contributed by atoms with E-state index in [1.54, 1.807) is 22.6 Å². The van der Waals surface area contributed by atoms with Crippen LogP contribution in [0.25, 0.3) is 11.0 Å². The number of carbonyl (C=O) groups excluding carboxylic acids is 1. The number of nitrogen functional groups attached to an aromatic ring is 1. The first-order chi connectivity index (χ1) is 16.4. The van der Waals surface area contributed by atoms with Crippen molar-refractivity contribution in [3.8, 4) is 5.75 Å². The Morgan fingerprint density at radius 3 is 2.85 bits per heavy atom. The second kappa shape index (κ2) is 9.46. The highest BCUT2D eigenvalue weighted by Crippen LogP contribution is 2.23. The maximum Gasteiger partial charge on any atom is 0.250 e. The average molecular weight is 461 g/mol. The zero-order valence-electron chi connectivity index (χ0n) is 18.0. The van der Waals surface area contributed by atoms with E-state index >= 15 is 0 Å². The Hall–Kier alpha value is -4.64. The zero-order valence-corrected chi connectivity index (χ0v) is 18.0. The summed E-state index contributed by atoms with van der Waals surface area (Å²) >= 11 is 0. The van der Waals surface area contributed by atoms with Crippen LogP contribution in [0.4, 0.5) is 21.7 Å². The van der Waals surface area contributed by atoms with Crippen LogP contribution in [-0.4, -0.2) is 49.8 Å². The third-order valence-electron chi connectivity index (χ3n) is 5.24. The first-order valence-electron chi connectivity index (χ1n) is 10.3. The Kier molecular flexibility index (Phi) is 6.28. The van der Waals surface area contributed by atoms with Crippen LogP contribution in [0.1, 0.15) is 11.1 Å². The van der Waals surface area contributed by atoms with Gasteiger partial charge in [0, 0.05) is 11.3 Å². The molecule has 0 spiro atoms. The van der Waals surface area contributed by atoms with Gasteiger partial charge < -0.3 is 20.7 Å². The predicted octanol–water partition coefficient (Wildman–Crippen LogP) is 1.61. The van der Waals surface area contributed by atoms with Crippen LogP contribution in [0.3, 0.4) is 0 Å². The van der Waals surface area contributed by atoms with Crippen molar-refractivity contribution in [3.63, 3.8) is 0 Å². The highest BCUT2D eigenvalue weighted by atomic mass is 19.1. The van der Waals surface area contributed by atoms with Crippen molar-refractivity contribution in [2.75, 3.05) is 23.7 Å². The highest BCUT2D eigenvalue weighted by Gasteiger charge is 2.21. The van der Waals surface area contributed by atoms with Crippen LogP contribution in [0.15, 0.2) is 61.7 Å². The molecular formula is C23H22FN8O2+. The number of hydrogen-bond acceptors (Lipinski definition) is 7. The number of carbonyl (C=O) groups is 1. The fourth-order valence-corrected chi connectivity index (χ4v) is 3.54. The molecule has 0 aliphatic carbocycles. The number of benzene rings is 2. The SMILES string of the molecule is C=CC(=O)N(CC[NH2+]c1ncnc(N)c1C(=N)c1ccc(F)c(O)c1)c1ccc2nc[nH]c2c1. The predicted molar refractivity (Wildman–Crippen MR) is 126 cm³/mol. The van der Waals surface area contributed by atoms with Gasteiger partial charge in [0.2, 0.25) is 5.82 Å². The van der Waals surface area contributed by atoms with Crippen molar-refractivity contribution >= 4 is 40.0 Å². The number of hydrogen-bond donors (Lipinski definition) is 5. The van der Waals surface area contributed by atoms with E-state index in [-0.39, 0.29) is 28.6 Å². The molecule has 0 unspecified atom stereocenters. The minimum atomic E-state index is -0.791. The summed E-state index contributed by atoms with van der Waals surface area (Å²) in [6.45, 7) is 4.27. The average Bonchev–Trinajstić information content (AvgIpc) is 3.31. The number of H-pyrrole nitrogens is 1. The van der Waals surface area contributed by atoms with Crippen molar-refractivity contribution < 1.29 is 19.6 Å². The van der Waals surface area contributed by atoms with Crippen LogP contribution in [-0.2, 0) is 4.79 Å². The Labute approximate surface area is 193 Å². The van der Waals surface area contributed by atoms with E-state index in [0.717, 1.165) is 23.2 Å². The summed E-state index contributed by atoms with van der Waals surface area (Å²) in [7, 11) is 0. The molecule has 34 heavy (non-hydrogen) atoms. The van der Waals surface area contributed by atoms with E-state index in [9.17, 15) is 14.3 Å². The molecule has 1 amide bonds. The number of phenolic OH excluding ortho intramolecular Hbond substituents is 1. The molecule has 2 heterocycles. The summed E-state index contributed by atoms with van der Waals surface area (Å²) < 4.78 is 13.4. The molecule has 0 radical (unpaired) electrons. The lowest BCUT2D eigenvalue weighted by Crippen LogP contribution is -2.81. The first kappa shape index (κ1) is 22.6. The molecule has 0 fully saturated rings. The van der Waals surface area contributed by atoms with Gasteiger partial charge in [-0.25, -0.2) is 14.4 Å². The Morgan fingerprint density at radius 1 is 1.26 bits per heavy atom. The Balaban J connectivity index is 1.56. The number of amides is 1. The van der Waals surface area contributed by atoms with Gasteiger partial charge >= 0.3 is 0 Å². The lowest BCUT2D eigenvalue weighted by Gasteiger charge is -2.20. The van der Waals surface area contributed by atoms with Gasteiger partial charge in [0.05, 0.1) is 36.2 Å². The molecule has 172 valence electrons. The van der Waals surface area contributed by atoms with E-state index in [0.29, 0.717) is 24.6 Å². The third-order valence-corrected chi connectivity index (χ3v) is 5.24. The molecule has 0 atom stereocenters. The van der Waals surface area contributed by atoms with E-state index in [4.69, 9.17) is 11.1 Å². The van der Waals surface area contributed by atoms with Gasteiger partial charge in [-0.15, -0.1) is 0 Å². The molecule has 11 heteroatoms. The summed E-state index contributed by atoms with van der Waals surface area (Å²) in [5.74, 6) is -1.18. The normalized spacial score (nSPS) is 10.9. The second-order valence-corrected chi connectivity index (χ2v) is 7.35. The molecule has 10 nitrogen and oxygen atoms in total. The third kappa shape index (κ3) is 4.45. The largest absolute Gasteiger partial charge is 0.505 e. The molecule has 4 aromatic rings. The van der Waals surface area contributed by atoms with Gasteiger partial charge in [0.15, 0.2) is 11.6 Å². The summed E-state index contributed by atoms with van der Waals surface area (Å²) in [4.78, 5) is 29.5. The summed E-state index contributed by atoms with van der Waals surface area (Å²) in [6, 6.07) is 9.02. The maximum absolute atomic E-state index is 13.4. The zero-order chi connectivity index (χ0) is 24.2. The van der Waals surface area contributed by atoms with Gasteiger partial charge in [0.25, 0.3) is 5.91 Å². The van der Waals surface area contributed by atoms with Crippen molar-refractivity contribution in [3.05, 3.63) is 78.7 Å². The van der Waals surface area contributed by atoms with Gasteiger partial charge in [0.1, 0.15) is 17.7 Å². The number of anilines is 2. The molecule has 0 bridgehead atoms. The minimum absolute atomic E-state index is 0.0663. The van der Waals surface area contributed by atoms with Crippen molar-refractivity contribution in [1.82, 2.24) is 19.9 Å². The smallest absolute Gasteiger partial charge is 0.250 e. The van der Waals surface area contributed by atoms with Crippen LogP contribution in [0.2, 0.25) is 0 Å². The monoisotopic (exact) mass is 461 g/mol. The number of phenols is 1. The number of aromatic hydroxyl groups is 1. The van der Waals surface area contributed by atoms with E-state index < -0.39 is 11.6 Å². The van der Waals surface area contributed by atoms with Crippen LogP contribution >= 0.6 is 0 Å². The van der Waals surface area contributed by atoms with Gasteiger partial charge in [-0.2, -0.15) is 4.98 Å². The minimum Gasteiger partial charge on any atom is -0.505 e. The lowest BCUT2D eigenvalue weighted by atomic mass is 10.0. The molecule has 2 aromatic heterocycles. The topological polar surface area (TPSA) is 161 Å². The van der Waals surface area contributed by atoms with E-state index in [1.165, 1.54) is 18.5 Å². The molecule has 7 N–H and O–H groups in total. The van der Waals surface area contributed by atoms with Crippen LogP contribution in [0.5, 0.6) is 5.75 Å². The fraction of sp³-hybridized carbons (Fsp3) is 0.0870.